The first kappa shape index (κ1) is 18.9. The van der Waals surface area contributed by atoms with Crippen molar-refractivity contribution in [1.82, 2.24) is 10.3 Å². The van der Waals surface area contributed by atoms with Crippen LogP contribution < -0.4 is 10.2 Å². The quantitative estimate of drug-likeness (QED) is 0.651. The van der Waals surface area contributed by atoms with Crippen LogP contribution in [0.25, 0.3) is 22.2 Å². The molecule has 28 heavy (non-hydrogen) atoms. The molecule has 1 N–H and O–H groups in total. The summed E-state index contributed by atoms with van der Waals surface area (Å²) in [7, 11) is 0. The summed E-state index contributed by atoms with van der Waals surface area (Å²) in [5.41, 5.74) is 6.08. The minimum absolute atomic E-state index is 0.175. The molecule has 3 nitrogen and oxygen atoms in total. The molecule has 146 valence electrons. The SMILES string of the molecule is Cc1ccc(-c2cc(N3CCC(NC(C)(C)C)CC3)c3ccccc3n2)cc1. The van der Waals surface area contributed by atoms with Crippen molar-refractivity contribution in [3.63, 3.8) is 0 Å². The maximum Gasteiger partial charge on any atom is 0.0730 e. The molecule has 1 fully saturated rings. The van der Waals surface area contributed by atoms with Crippen molar-refractivity contribution < 1.29 is 0 Å². The minimum atomic E-state index is 0.175. The van der Waals surface area contributed by atoms with Gasteiger partial charge in [-0.15, -0.1) is 0 Å². The third kappa shape index (κ3) is 4.20. The van der Waals surface area contributed by atoms with E-state index in [2.05, 4.69) is 92.5 Å². The second kappa shape index (κ2) is 7.56. The van der Waals surface area contributed by atoms with Gasteiger partial charge in [0.2, 0.25) is 0 Å². The Morgan fingerprint density at radius 1 is 0.964 bits per heavy atom. The molecule has 0 aliphatic carbocycles. The van der Waals surface area contributed by atoms with Gasteiger partial charge < -0.3 is 10.2 Å². The number of anilines is 1. The lowest BCUT2D eigenvalue weighted by Crippen LogP contribution is -2.49. The van der Waals surface area contributed by atoms with Gasteiger partial charge in [0, 0.05) is 41.3 Å². The van der Waals surface area contributed by atoms with Gasteiger partial charge in [-0.1, -0.05) is 48.0 Å². The maximum absolute atomic E-state index is 4.96. The molecule has 1 saturated heterocycles. The fourth-order valence-electron chi connectivity index (χ4n) is 4.17. The number of aryl methyl sites for hydroxylation is 1. The van der Waals surface area contributed by atoms with E-state index in [4.69, 9.17) is 4.98 Å². The number of para-hydroxylation sites is 1. The summed E-state index contributed by atoms with van der Waals surface area (Å²) in [6.07, 6.45) is 2.35. The lowest BCUT2D eigenvalue weighted by atomic mass is 9.98. The molecule has 1 aliphatic heterocycles. The van der Waals surface area contributed by atoms with Crippen LogP contribution in [0.3, 0.4) is 0 Å². The number of nitrogens with one attached hydrogen (secondary N) is 1. The van der Waals surface area contributed by atoms with Crippen LogP contribution in [0.5, 0.6) is 0 Å². The Balaban J connectivity index is 1.66. The molecule has 2 aromatic carbocycles. The number of piperidine rings is 1. The predicted molar refractivity (Wildman–Crippen MR) is 120 cm³/mol. The summed E-state index contributed by atoms with van der Waals surface area (Å²) in [4.78, 5) is 7.50. The average Bonchev–Trinajstić information content (AvgIpc) is 2.67. The van der Waals surface area contributed by atoms with Crippen molar-refractivity contribution >= 4 is 16.6 Å². The molecule has 0 spiro atoms. The van der Waals surface area contributed by atoms with Gasteiger partial charge in [0.05, 0.1) is 11.2 Å². The maximum atomic E-state index is 4.96. The van der Waals surface area contributed by atoms with Crippen molar-refractivity contribution in [2.24, 2.45) is 0 Å². The Labute approximate surface area is 168 Å². The average molecular weight is 374 g/mol. The molecule has 0 atom stereocenters. The van der Waals surface area contributed by atoms with Gasteiger partial charge in [-0.25, -0.2) is 4.98 Å². The van der Waals surface area contributed by atoms with E-state index in [0.29, 0.717) is 6.04 Å². The number of pyridine rings is 1. The molecule has 4 rings (SSSR count). The third-order valence-corrected chi connectivity index (χ3v) is 5.51. The number of hydrogen-bond acceptors (Lipinski definition) is 3. The first-order chi connectivity index (χ1) is 13.4. The van der Waals surface area contributed by atoms with Gasteiger partial charge in [-0.05, 0) is 52.7 Å². The van der Waals surface area contributed by atoms with Gasteiger partial charge in [-0.2, -0.15) is 0 Å². The minimum Gasteiger partial charge on any atom is -0.371 e. The van der Waals surface area contributed by atoms with Gasteiger partial charge in [-0.3, -0.25) is 0 Å². The van der Waals surface area contributed by atoms with Crippen LogP contribution >= 0.6 is 0 Å². The van der Waals surface area contributed by atoms with Gasteiger partial charge in [0.1, 0.15) is 0 Å². The van der Waals surface area contributed by atoms with Gasteiger partial charge >= 0.3 is 0 Å². The number of fused-ring (bicyclic) bond motifs is 1. The zero-order valence-electron chi connectivity index (χ0n) is 17.5. The largest absolute Gasteiger partial charge is 0.371 e. The summed E-state index contributed by atoms with van der Waals surface area (Å²) in [5, 5.41) is 5.02. The highest BCUT2D eigenvalue weighted by atomic mass is 15.2. The molecule has 2 heterocycles. The van der Waals surface area contributed by atoms with E-state index in [9.17, 15) is 0 Å². The fourth-order valence-corrected chi connectivity index (χ4v) is 4.17. The molecular formula is C25H31N3. The third-order valence-electron chi connectivity index (χ3n) is 5.51. The molecule has 0 bridgehead atoms. The standard InChI is InChI=1S/C25H31N3/c1-18-9-11-19(12-10-18)23-17-24(21-7-5-6-8-22(21)26-23)28-15-13-20(14-16-28)27-25(2,3)4/h5-12,17,20,27H,13-16H2,1-4H3. The topological polar surface area (TPSA) is 28.2 Å². The first-order valence-corrected chi connectivity index (χ1v) is 10.4. The smallest absolute Gasteiger partial charge is 0.0730 e. The molecule has 1 aliphatic rings. The van der Waals surface area contributed by atoms with Crippen LogP contribution in [0.1, 0.15) is 39.2 Å². The van der Waals surface area contributed by atoms with E-state index in [-0.39, 0.29) is 5.54 Å². The van der Waals surface area contributed by atoms with Crippen LogP contribution in [-0.2, 0) is 0 Å². The predicted octanol–water partition coefficient (Wildman–Crippen LogP) is 5.57. The highest BCUT2D eigenvalue weighted by molar-refractivity contribution is 5.94. The summed E-state index contributed by atoms with van der Waals surface area (Å²) >= 11 is 0. The molecule has 0 saturated carbocycles. The van der Waals surface area contributed by atoms with Crippen molar-refractivity contribution in [3.8, 4) is 11.3 Å². The van der Waals surface area contributed by atoms with Crippen LogP contribution in [0.15, 0.2) is 54.6 Å². The monoisotopic (exact) mass is 373 g/mol. The molecule has 1 aromatic heterocycles. The molecular weight excluding hydrogens is 342 g/mol. The lowest BCUT2D eigenvalue weighted by Gasteiger charge is -2.37. The number of rotatable bonds is 3. The molecule has 0 unspecified atom stereocenters. The van der Waals surface area contributed by atoms with Crippen LogP contribution in [0, 0.1) is 6.92 Å². The van der Waals surface area contributed by atoms with Crippen molar-refractivity contribution in [2.45, 2.75) is 52.1 Å². The van der Waals surface area contributed by atoms with E-state index < -0.39 is 0 Å². The number of benzene rings is 2. The Kier molecular flexibility index (Phi) is 5.11. The Morgan fingerprint density at radius 2 is 1.64 bits per heavy atom. The Morgan fingerprint density at radius 3 is 2.32 bits per heavy atom. The van der Waals surface area contributed by atoms with Crippen LogP contribution in [0.2, 0.25) is 0 Å². The lowest BCUT2D eigenvalue weighted by molar-refractivity contribution is 0.317. The number of aromatic nitrogens is 1. The molecule has 3 heteroatoms. The Bertz CT molecular complexity index is 946. The first-order valence-electron chi connectivity index (χ1n) is 10.4. The molecule has 3 aromatic rings. The fraction of sp³-hybridized carbons (Fsp3) is 0.400. The number of hydrogen-bond donors (Lipinski definition) is 1. The van der Waals surface area contributed by atoms with Crippen molar-refractivity contribution in [1.29, 1.82) is 0 Å². The van der Waals surface area contributed by atoms with Crippen molar-refractivity contribution in [2.75, 3.05) is 18.0 Å². The molecule has 0 radical (unpaired) electrons. The van der Waals surface area contributed by atoms with Crippen molar-refractivity contribution in [3.05, 3.63) is 60.2 Å². The summed E-state index contributed by atoms with van der Waals surface area (Å²) < 4.78 is 0. The molecule has 0 amide bonds. The van der Waals surface area contributed by atoms with E-state index >= 15 is 0 Å². The normalized spacial score (nSPS) is 15.9. The Hall–Kier alpha value is -2.39. The van der Waals surface area contributed by atoms with E-state index in [1.54, 1.807) is 0 Å². The van der Waals surface area contributed by atoms with Gasteiger partial charge in [0.15, 0.2) is 0 Å². The zero-order valence-corrected chi connectivity index (χ0v) is 17.5. The highest BCUT2D eigenvalue weighted by Gasteiger charge is 2.24. The zero-order chi connectivity index (χ0) is 19.7. The van der Waals surface area contributed by atoms with E-state index in [1.807, 2.05) is 0 Å². The van der Waals surface area contributed by atoms with Gasteiger partial charge in [0.25, 0.3) is 0 Å². The summed E-state index contributed by atoms with van der Waals surface area (Å²) in [5.74, 6) is 0. The highest BCUT2D eigenvalue weighted by Crippen LogP contribution is 2.32. The van der Waals surface area contributed by atoms with E-state index in [1.165, 1.54) is 35.0 Å². The summed E-state index contributed by atoms with van der Waals surface area (Å²) in [6, 6.07) is 20.1. The summed E-state index contributed by atoms with van der Waals surface area (Å²) in [6.45, 7) is 11.0. The number of nitrogens with zero attached hydrogens (tertiary/aromatic N) is 2. The van der Waals surface area contributed by atoms with Crippen LogP contribution in [-0.4, -0.2) is 29.7 Å². The second-order valence-corrected chi connectivity index (χ2v) is 9.07. The van der Waals surface area contributed by atoms with E-state index in [0.717, 1.165) is 24.3 Å². The van der Waals surface area contributed by atoms with Crippen LogP contribution in [0.4, 0.5) is 5.69 Å². The second-order valence-electron chi connectivity index (χ2n) is 9.07.